The second kappa shape index (κ2) is 6.02. The SMILES string of the molecule is CCN(Cc1ccncc1)c1ncc(N)c(C)c1Br. The minimum atomic E-state index is 0.704. The zero-order valence-corrected chi connectivity index (χ0v) is 12.7. The van der Waals surface area contributed by atoms with Crippen molar-refractivity contribution in [2.75, 3.05) is 17.2 Å². The fourth-order valence-corrected chi connectivity index (χ4v) is 2.43. The third-order valence-corrected chi connectivity index (χ3v) is 4.04. The second-order valence-corrected chi connectivity index (χ2v) is 5.14. The topological polar surface area (TPSA) is 55.0 Å². The maximum atomic E-state index is 5.86. The highest BCUT2D eigenvalue weighted by atomic mass is 79.9. The summed E-state index contributed by atoms with van der Waals surface area (Å²) in [7, 11) is 0. The molecule has 0 aromatic carbocycles. The molecule has 0 fully saturated rings. The molecule has 0 saturated carbocycles. The molecule has 100 valence electrons. The summed E-state index contributed by atoms with van der Waals surface area (Å²) in [5.41, 5.74) is 8.80. The lowest BCUT2D eigenvalue weighted by Crippen LogP contribution is -2.24. The van der Waals surface area contributed by atoms with Crippen molar-refractivity contribution in [1.29, 1.82) is 0 Å². The van der Waals surface area contributed by atoms with Crippen LogP contribution in [0.5, 0.6) is 0 Å². The summed E-state index contributed by atoms with van der Waals surface area (Å²) < 4.78 is 0.961. The molecule has 4 nitrogen and oxygen atoms in total. The van der Waals surface area contributed by atoms with Crippen molar-refractivity contribution >= 4 is 27.4 Å². The van der Waals surface area contributed by atoms with Crippen molar-refractivity contribution in [2.45, 2.75) is 20.4 Å². The van der Waals surface area contributed by atoms with Gasteiger partial charge in [-0.1, -0.05) is 0 Å². The van der Waals surface area contributed by atoms with Crippen molar-refractivity contribution in [3.8, 4) is 0 Å². The van der Waals surface area contributed by atoms with Crippen LogP contribution in [0, 0.1) is 6.92 Å². The molecule has 0 bridgehead atoms. The van der Waals surface area contributed by atoms with Gasteiger partial charge >= 0.3 is 0 Å². The number of hydrogen-bond acceptors (Lipinski definition) is 4. The third kappa shape index (κ3) is 3.04. The van der Waals surface area contributed by atoms with Crippen molar-refractivity contribution in [2.24, 2.45) is 0 Å². The molecule has 2 aromatic heterocycles. The molecule has 2 aromatic rings. The number of nitrogen functional groups attached to an aromatic ring is 1. The Morgan fingerprint density at radius 1 is 1.32 bits per heavy atom. The number of aromatic nitrogens is 2. The molecule has 2 N–H and O–H groups in total. The highest BCUT2D eigenvalue weighted by Gasteiger charge is 2.13. The van der Waals surface area contributed by atoms with E-state index in [0.717, 1.165) is 28.9 Å². The third-order valence-electron chi connectivity index (χ3n) is 3.09. The van der Waals surface area contributed by atoms with Crippen LogP contribution < -0.4 is 10.6 Å². The lowest BCUT2D eigenvalue weighted by atomic mass is 10.2. The smallest absolute Gasteiger partial charge is 0.143 e. The minimum Gasteiger partial charge on any atom is -0.397 e. The normalized spacial score (nSPS) is 10.5. The lowest BCUT2D eigenvalue weighted by Gasteiger charge is -2.24. The van der Waals surface area contributed by atoms with Gasteiger partial charge in [-0.05, 0) is 53.0 Å². The van der Waals surface area contributed by atoms with Gasteiger partial charge in [0.2, 0.25) is 0 Å². The quantitative estimate of drug-likeness (QED) is 0.940. The first-order chi connectivity index (χ1) is 9.13. The monoisotopic (exact) mass is 320 g/mol. The van der Waals surface area contributed by atoms with Gasteiger partial charge in [0.25, 0.3) is 0 Å². The molecule has 5 heteroatoms. The highest BCUT2D eigenvalue weighted by Crippen LogP contribution is 2.31. The standard InChI is InChI=1S/C14H17BrN4/c1-3-19(9-11-4-6-17-7-5-11)14-13(15)10(2)12(16)8-18-14/h4-8H,3,9,16H2,1-2H3. The second-order valence-electron chi connectivity index (χ2n) is 4.35. The van der Waals surface area contributed by atoms with E-state index in [1.807, 2.05) is 19.1 Å². The molecule has 0 radical (unpaired) electrons. The van der Waals surface area contributed by atoms with Gasteiger partial charge in [0.05, 0.1) is 16.4 Å². The Bertz CT molecular complexity index is 557. The van der Waals surface area contributed by atoms with Crippen molar-refractivity contribution in [1.82, 2.24) is 9.97 Å². The Balaban J connectivity index is 2.30. The summed E-state index contributed by atoms with van der Waals surface area (Å²) in [6.07, 6.45) is 5.32. The molecule has 0 amide bonds. The van der Waals surface area contributed by atoms with E-state index in [-0.39, 0.29) is 0 Å². The Labute approximate surface area is 121 Å². The van der Waals surface area contributed by atoms with Gasteiger partial charge in [-0.2, -0.15) is 0 Å². The molecular weight excluding hydrogens is 304 g/mol. The van der Waals surface area contributed by atoms with Crippen LogP contribution >= 0.6 is 15.9 Å². The van der Waals surface area contributed by atoms with E-state index in [1.165, 1.54) is 5.56 Å². The van der Waals surface area contributed by atoms with Gasteiger partial charge in [0, 0.05) is 25.5 Å². The van der Waals surface area contributed by atoms with Crippen molar-refractivity contribution in [3.05, 3.63) is 46.3 Å². The van der Waals surface area contributed by atoms with Gasteiger partial charge in [-0.15, -0.1) is 0 Å². The Morgan fingerprint density at radius 2 is 2.00 bits per heavy atom. The van der Waals surface area contributed by atoms with E-state index in [1.54, 1.807) is 18.6 Å². The zero-order valence-electron chi connectivity index (χ0n) is 11.1. The van der Waals surface area contributed by atoms with Gasteiger partial charge in [0.1, 0.15) is 5.82 Å². The summed E-state index contributed by atoms with van der Waals surface area (Å²) in [6.45, 7) is 5.77. The molecule has 0 aliphatic rings. The van der Waals surface area contributed by atoms with Crippen LogP contribution in [0.1, 0.15) is 18.1 Å². The number of rotatable bonds is 4. The van der Waals surface area contributed by atoms with Crippen LogP contribution in [0.25, 0.3) is 0 Å². The molecule has 19 heavy (non-hydrogen) atoms. The van der Waals surface area contributed by atoms with Crippen molar-refractivity contribution in [3.63, 3.8) is 0 Å². The molecule has 0 saturated heterocycles. The first-order valence-corrected chi connectivity index (χ1v) is 6.97. The molecule has 0 aliphatic heterocycles. The Kier molecular flexibility index (Phi) is 4.37. The van der Waals surface area contributed by atoms with Gasteiger partial charge < -0.3 is 10.6 Å². The maximum absolute atomic E-state index is 5.86. The van der Waals surface area contributed by atoms with Crippen molar-refractivity contribution < 1.29 is 0 Å². The van der Waals surface area contributed by atoms with Gasteiger partial charge in [-0.25, -0.2) is 4.98 Å². The number of nitrogens with two attached hydrogens (primary N) is 1. The van der Waals surface area contributed by atoms with Crippen LogP contribution in [0.15, 0.2) is 35.2 Å². The highest BCUT2D eigenvalue weighted by molar-refractivity contribution is 9.10. The average molecular weight is 321 g/mol. The van der Waals surface area contributed by atoms with Crippen LogP contribution in [0.4, 0.5) is 11.5 Å². The van der Waals surface area contributed by atoms with Crippen LogP contribution in [0.2, 0.25) is 0 Å². The number of halogens is 1. The summed E-state index contributed by atoms with van der Waals surface area (Å²) in [5, 5.41) is 0. The van der Waals surface area contributed by atoms with E-state index in [0.29, 0.717) is 5.69 Å². The van der Waals surface area contributed by atoms with E-state index < -0.39 is 0 Å². The van der Waals surface area contributed by atoms with E-state index in [2.05, 4.69) is 37.7 Å². The predicted molar refractivity (Wildman–Crippen MR) is 82.0 cm³/mol. The molecule has 0 spiro atoms. The maximum Gasteiger partial charge on any atom is 0.143 e. The fourth-order valence-electron chi connectivity index (χ4n) is 1.84. The Morgan fingerprint density at radius 3 is 2.63 bits per heavy atom. The molecule has 0 unspecified atom stereocenters. The summed E-state index contributed by atoms with van der Waals surface area (Å²) in [6, 6.07) is 4.03. The average Bonchev–Trinajstić information content (AvgIpc) is 2.44. The first-order valence-electron chi connectivity index (χ1n) is 6.18. The lowest BCUT2D eigenvalue weighted by molar-refractivity contribution is 0.808. The molecule has 2 rings (SSSR count). The number of anilines is 2. The molecular formula is C14H17BrN4. The largest absolute Gasteiger partial charge is 0.397 e. The van der Waals surface area contributed by atoms with Gasteiger partial charge in [-0.3, -0.25) is 4.98 Å². The molecule has 0 aliphatic carbocycles. The van der Waals surface area contributed by atoms with Crippen LogP contribution in [-0.2, 0) is 6.54 Å². The van der Waals surface area contributed by atoms with E-state index in [9.17, 15) is 0 Å². The van der Waals surface area contributed by atoms with Gasteiger partial charge in [0.15, 0.2) is 0 Å². The minimum absolute atomic E-state index is 0.704. The Hall–Kier alpha value is -1.62. The molecule has 0 atom stereocenters. The van der Waals surface area contributed by atoms with Crippen LogP contribution in [-0.4, -0.2) is 16.5 Å². The number of pyridine rings is 2. The fraction of sp³-hybridized carbons (Fsp3) is 0.286. The zero-order chi connectivity index (χ0) is 13.8. The van der Waals surface area contributed by atoms with E-state index in [4.69, 9.17) is 5.73 Å². The van der Waals surface area contributed by atoms with E-state index >= 15 is 0 Å². The number of hydrogen-bond donors (Lipinski definition) is 1. The summed E-state index contributed by atoms with van der Waals surface area (Å²) in [5.74, 6) is 0.922. The summed E-state index contributed by atoms with van der Waals surface area (Å²) in [4.78, 5) is 10.7. The van der Waals surface area contributed by atoms with Crippen LogP contribution in [0.3, 0.4) is 0 Å². The number of nitrogens with zero attached hydrogens (tertiary/aromatic N) is 3. The molecule has 2 heterocycles. The first kappa shape index (κ1) is 13.8. The predicted octanol–water partition coefficient (Wildman–Crippen LogP) is 3.16. The summed E-state index contributed by atoms with van der Waals surface area (Å²) >= 11 is 3.59.